The largest absolute Gasteiger partial charge is 0.493 e. The summed E-state index contributed by atoms with van der Waals surface area (Å²) < 4.78 is 18.8. The van der Waals surface area contributed by atoms with Crippen molar-refractivity contribution < 1.29 is 14.2 Å². The number of benzene rings is 1. The summed E-state index contributed by atoms with van der Waals surface area (Å²) >= 11 is 0. The number of imidazole rings is 1. The Morgan fingerprint density at radius 3 is 3.00 bits per heavy atom. The molecule has 0 saturated carbocycles. The molecule has 136 valence electrons. The van der Waals surface area contributed by atoms with E-state index in [1.54, 1.807) is 26.6 Å². The van der Waals surface area contributed by atoms with Crippen molar-refractivity contribution in [1.29, 1.82) is 0 Å². The SMILES string of the molecule is COc1cccc(-c2nc3cnccn3c2NC[C@H]2CCCO2)c1OC. The third-order valence-electron chi connectivity index (χ3n) is 4.61. The van der Waals surface area contributed by atoms with Gasteiger partial charge in [0.25, 0.3) is 0 Å². The maximum absolute atomic E-state index is 5.74. The van der Waals surface area contributed by atoms with E-state index in [1.807, 2.05) is 28.8 Å². The van der Waals surface area contributed by atoms with Crippen LogP contribution in [0.25, 0.3) is 16.9 Å². The van der Waals surface area contributed by atoms with Crippen LogP contribution in [0.1, 0.15) is 12.8 Å². The number of fused-ring (bicyclic) bond motifs is 1. The molecule has 3 heterocycles. The highest BCUT2D eigenvalue weighted by Gasteiger charge is 2.22. The molecule has 1 saturated heterocycles. The molecular weight excluding hydrogens is 332 g/mol. The van der Waals surface area contributed by atoms with Gasteiger partial charge in [-0.25, -0.2) is 4.98 Å². The molecular formula is C19H22N4O3. The van der Waals surface area contributed by atoms with E-state index >= 15 is 0 Å². The van der Waals surface area contributed by atoms with Crippen molar-refractivity contribution in [1.82, 2.24) is 14.4 Å². The molecule has 3 aromatic rings. The van der Waals surface area contributed by atoms with Crippen LogP contribution in [0.5, 0.6) is 11.5 Å². The normalized spacial score (nSPS) is 16.8. The first-order chi connectivity index (χ1) is 12.8. The Kier molecular flexibility index (Phi) is 4.62. The third-order valence-corrected chi connectivity index (χ3v) is 4.61. The Bertz CT molecular complexity index is 903. The van der Waals surface area contributed by atoms with Crippen LogP contribution in [0, 0.1) is 0 Å². The maximum atomic E-state index is 5.74. The van der Waals surface area contributed by atoms with Crippen LogP contribution >= 0.6 is 0 Å². The van der Waals surface area contributed by atoms with E-state index in [4.69, 9.17) is 19.2 Å². The summed E-state index contributed by atoms with van der Waals surface area (Å²) in [6, 6.07) is 5.79. The van der Waals surface area contributed by atoms with Gasteiger partial charge in [-0.1, -0.05) is 6.07 Å². The number of ether oxygens (including phenoxy) is 3. The second-order valence-corrected chi connectivity index (χ2v) is 6.17. The van der Waals surface area contributed by atoms with Crippen LogP contribution in [0.4, 0.5) is 5.82 Å². The zero-order chi connectivity index (χ0) is 17.9. The molecule has 7 nitrogen and oxygen atoms in total. The van der Waals surface area contributed by atoms with Crippen LogP contribution in [-0.2, 0) is 4.74 Å². The average Bonchev–Trinajstić information content (AvgIpc) is 3.33. The van der Waals surface area contributed by atoms with Gasteiger partial charge < -0.3 is 19.5 Å². The molecule has 7 heteroatoms. The fourth-order valence-electron chi connectivity index (χ4n) is 3.35. The number of nitrogens with zero attached hydrogens (tertiary/aromatic N) is 3. The minimum atomic E-state index is 0.224. The summed E-state index contributed by atoms with van der Waals surface area (Å²) in [5, 5.41) is 3.52. The zero-order valence-electron chi connectivity index (χ0n) is 14.9. The lowest BCUT2D eigenvalue weighted by Gasteiger charge is -2.15. The molecule has 1 atom stereocenters. The van der Waals surface area contributed by atoms with Gasteiger partial charge in [-0.3, -0.25) is 9.38 Å². The predicted molar refractivity (Wildman–Crippen MR) is 99.0 cm³/mol. The number of anilines is 1. The highest BCUT2D eigenvalue weighted by molar-refractivity contribution is 5.82. The summed E-state index contributed by atoms with van der Waals surface area (Å²) in [6.07, 6.45) is 7.80. The Hall–Kier alpha value is -2.80. The number of hydrogen-bond donors (Lipinski definition) is 1. The van der Waals surface area contributed by atoms with Gasteiger partial charge in [-0.15, -0.1) is 0 Å². The van der Waals surface area contributed by atoms with E-state index in [9.17, 15) is 0 Å². The van der Waals surface area contributed by atoms with Crippen molar-refractivity contribution in [3.8, 4) is 22.8 Å². The molecule has 1 fully saturated rings. The minimum Gasteiger partial charge on any atom is -0.493 e. The van der Waals surface area contributed by atoms with E-state index < -0.39 is 0 Å². The van der Waals surface area contributed by atoms with Crippen LogP contribution in [0.15, 0.2) is 36.8 Å². The first-order valence-electron chi connectivity index (χ1n) is 8.70. The highest BCUT2D eigenvalue weighted by atomic mass is 16.5. The van der Waals surface area contributed by atoms with Gasteiger partial charge in [-0.2, -0.15) is 0 Å². The molecule has 0 spiro atoms. The van der Waals surface area contributed by atoms with E-state index in [2.05, 4.69) is 10.3 Å². The van der Waals surface area contributed by atoms with Crippen molar-refractivity contribution in [3.05, 3.63) is 36.8 Å². The van der Waals surface area contributed by atoms with Gasteiger partial charge >= 0.3 is 0 Å². The fourth-order valence-corrected chi connectivity index (χ4v) is 3.35. The van der Waals surface area contributed by atoms with Gasteiger partial charge in [-0.05, 0) is 25.0 Å². The quantitative estimate of drug-likeness (QED) is 0.734. The van der Waals surface area contributed by atoms with E-state index in [0.29, 0.717) is 11.5 Å². The lowest BCUT2D eigenvalue weighted by Crippen LogP contribution is -2.19. The number of para-hydroxylation sites is 1. The third kappa shape index (κ3) is 2.94. The lowest BCUT2D eigenvalue weighted by atomic mass is 10.1. The molecule has 1 aliphatic rings. The number of rotatable bonds is 6. The molecule has 1 aliphatic heterocycles. The summed E-state index contributed by atoms with van der Waals surface area (Å²) in [4.78, 5) is 8.96. The molecule has 4 rings (SSSR count). The minimum absolute atomic E-state index is 0.224. The van der Waals surface area contributed by atoms with Gasteiger partial charge in [0.2, 0.25) is 0 Å². The Morgan fingerprint density at radius 1 is 1.31 bits per heavy atom. The van der Waals surface area contributed by atoms with E-state index in [1.165, 1.54) is 0 Å². The fraction of sp³-hybridized carbons (Fsp3) is 0.368. The van der Waals surface area contributed by atoms with E-state index in [0.717, 1.165) is 48.7 Å². The van der Waals surface area contributed by atoms with Crippen LogP contribution in [0.3, 0.4) is 0 Å². The topological polar surface area (TPSA) is 69.9 Å². The molecule has 1 aromatic carbocycles. The van der Waals surface area contributed by atoms with Gasteiger partial charge in [0.1, 0.15) is 11.5 Å². The van der Waals surface area contributed by atoms with Gasteiger partial charge in [0.15, 0.2) is 17.1 Å². The van der Waals surface area contributed by atoms with Gasteiger partial charge in [0.05, 0.1) is 26.5 Å². The molecule has 2 aromatic heterocycles. The number of methoxy groups -OCH3 is 2. The van der Waals surface area contributed by atoms with Crippen LogP contribution in [0.2, 0.25) is 0 Å². The second-order valence-electron chi connectivity index (χ2n) is 6.17. The molecule has 0 amide bonds. The Labute approximate surface area is 151 Å². The monoisotopic (exact) mass is 354 g/mol. The van der Waals surface area contributed by atoms with Crippen LogP contribution in [-0.4, -0.2) is 47.8 Å². The smallest absolute Gasteiger partial charge is 0.170 e. The van der Waals surface area contributed by atoms with Crippen molar-refractivity contribution in [2.75, 3.05) is 32.7 Å². The van der Waals surface area contributed by atoms with Crippen molar-refractivity contribution in [2.45, 2.75) is 18.9 Å². The standard InChI is InChI=1S/C19H22N4O3/c1-24-15-7-3-6-14(18(15)25-2)17-19(21-11-13-5-4-10-26-13)23-9-8-20-12-16(23)22-17/h3,6-9,12-13,21H,4-5,10-11H2,1-2H3/t13-/m1/s1. The predicted octanol–water partition coefficient (Wildman–Crippen LogP) is 3.00. The molecule has 0 aliphatic carbocycles. The molecule has 1 N–H and O–H groups in total. The van der Waals surface area contributed by atoms with Crippen molar-refractivity contribution in [2.24, 2.45) is 0 Å². The molecule has 26 heavy (non-hydrogen) atoms. The van der Waals surface area contributed by atoms with Crippen LogP contribution < -0.4 is 14.8 Å². The Morgan fingerprint density at radius 2 is 2.23 bits per heavy atom. The number of nitrogens with one attached hydrogen (secondary N) is 1. The first kappa shape index (κ1) is 16.7. The average molecular weight is 354 g/mol. The molecule has 0 radical (unpaired) electrons. The van der Waals surface area contributed by atoms with Crippen molar-refractivity contribution in [3.63, 3.8) is 0 Å². The zero-order valence-corrected chi connectivity index (χ0v) is 14.9. The maximum Gasteiger partial charge on any atom is 0.170 e. The first-order valence-corrected chi connectivity index (χ1v) is 8.70. The van der Waals surface area contributed by atoms with E-state index in [-0.39, 0.29) is 6.10 Å². The highest BCUT2D eigenvalue weighted by Crippen LogP contribution is 2.40. The summed E-state index contributed by atoms with van der Waals surface area (Å²) in [5.41, 5.74) is 2.43. The summed E-state index contributed by atoms with van der Waals surface area (Å²) in [5.74, 6) is 2.22. The van der Waals surface area contributed by atoms with Crippen molar-refractivity contribution >= 4 is 11.5 Å². The summed E-state index contributed by atoms with van der Waals surface area (Å²) in [7, 11) is 3.27. The molecule has 0 bridgehead atoms. The summed E-state index contributed by atoms with van der Waals surface area (Å²) in [6.45, 7) is 1.56. The number of hydrogen-bond acceptors (Lipinski definition) is 6. The lowest BCUT2D eigenvalue weighted by molar-refractivity contribution is 0.120. The Balaban J connectivity index is 1.80. The van der Waals surface area contributed by atoms with Gasteiger partial charge in [0, 0.05) is 31.1 Å². The molecule has 0 unspecified atom stereocenters. The second kappa shape index (κ2) is 7.21. The number of aromatic nitrogens is 3.